The van der Waals surface area contributed by atoms with E-state index in [-0.39, 0.29) is 17.8 Å². The van der Waals surface area contributed by atoms with E-state index in [9.17, 15) is 19.7 Å². The zero-order chi connectivity index (χ0) is 20.7. The number of methoxy groups -OCH3 is 1. The average molecular weight is 386 g/mol. The molecule has 0 aliphatic heterocycles. The number of ether oxygens (including phenoxy) is 1. The Kier molecular flexibility index (Phi) is 6.91. The molecule has 9 nitrogen and oxygen atoms in total. The number of amides is 2. The lowest BCUT2D eigenvalue weighted by molar-refractivity contribution is -0.384. The van der Waals surface area contributed by atoms with Crippen molar-refractivity contribution in [3.63, 3.8) is 0 Å². The first kappa shape index (κ1) is 20.7. The summed E-state index contributed by atoms with van der Waals surface area (Å²) in [5, 5.41) is 16.8. The molecule has 0 fully saturated rings. The number of nitro benzene ring substituents is 1. The molecule has 0 bridgehead atoms. The number of benzene rings is 2. The fourth-order valence-corrected chi connectivity index (χ4v) is 2.56. The van der Waals surface area contributed by atoms with Crippen LogP contribution >= 0.6 is 0 Å². The third-order valence-corrected chi connectivity index (χ3v) is 3.89. The molecule has 2 N–H and O–H groups in total. The molecule has 0 aliphatic rings. The van der Waals surface area contributed by atoms with E-state index < -0.39 is 16.7 Å². The quantitative estimate of drug-likeness (QED) is 0.533. The summed E-state index contributed by atoms with van der Waals surface area (Å²) in [5.41, 5.74) is 0.810. The van der Waals surface area contributed by atoms with Crippen molar-refractivity contribution in [1.82, 2.24) is 4.90 Å². The number of hydrogen-bond donors (Lipinski definition) is 2. The van der Waals surface area contributed by atoms with E-state index in [1.54, 1.807) is 24.3 Å². The van der Waals surface area contributed by atoms with Crippen LogP contribution in [-0.2, 0) is 4.79 Å². The Morgan fingerprint density at radius 3 is 2.61 bits per heavy atom. The number of hydrogen-bond acceptors (Lipinski definition) is 6. The molecular formula is C19H22N4O5. The van der Waals surface area contributed by atoms with Crippen LogP contribution in [-0.4, -0.2) is 48.9 Å². The van der Waals surface area contributed by atoms with Crippen molar-refractivity contribution in [1.29, 1.82) is 0 Å². The maximum Gasteiger partial charge on any atom is 0.293 e. The highest BCUT2D eigenvalue weighted by Gasteiger charge is 2.20. The third kappa shape index (κ3) is 5.19. The fourth-order valence-electron chi connectivity index (χ4n) is 2.56. The highest BCUT2D eigenvalue weighted by atomic mass is 16.6. The molecule has 0 spiro atoms. The normalized spacial score (nSPS) is 10.1. The van der Waals surface area contributed by atoms with Crippen LogP contribution in [0, 0.1) is 10.1 Å². The molecule has 0 unspecified atom stereocenters. The number of carbonyl (C=O) groups excluding carboxylic acids is 2. The Bertz CT molecular complexity index is 884. The number of rotatable bonds is 8. The van der Waals surface area contributed by atoms with Gasteiger partial charge in [0.2, 0.25) is 5.91 Å². The monoisotopic (exact) mass is 386 g/mol. The molecular weight excluding hydrogens is 364 g/mol. The third-order valence-electron chi connectivity index (χ3n) is 3.89. The van der Waals surface area contributed by atoms with Crippen LogP contribution in [0.1, 0.15) is 17.3 Å². The highest BCUT2D eigenvalue weighted by molar-refractivity contribution is 6.00. The van der Waals surface area contributed by atoms with Crippen LogP contribution in [0.2, 0.25) is 0 Å². The lowest BCUT2D eigenvalue weighted by Gasteiger charge is -2.17. The number of nitrogens with one attached hydrogen (secondary N) is 2. The fraction of sp³-hybridized carbons (Fsp3) is 0.263. The molecule has 2 aromatic carbocycles. The van der Waals surface area contributed by atoms with Gasteiger partial charge in [-0.05, 0) is 31.2 Å². The second-order valence-electron chi connectivity index (χ2n) is 5.96. The number of anilines is 2. The molecule has 0 heterocycles. The zero-order valence-electron chi connectivity index (χ0n) is 15.9. The van der Waals surface area contributed by atoms with Gasteiger partial charge < -0.3 is 20.3 Å². The van der Waals surface area contributed by atoms with Gasteiger partial charge in [0.25, 0.3) is 11.6 Å². The molecule has 2 amide bonds. The Balaban J connectivity index is 2.08. The van der Waals surface area contributed by atoms with E-state index in [1.807, 2.05) is 6.92 Å². The van der Waals surface area contributed by atoms with Crippen LogP contribution in [0.5, 0.6) is 5.75 Å². The minimum Gasteiger partial charge on any atom is -0.497 e. The van der Waals surface area contributed by atoms with Crippen LogP contribution < -0.4 is 15.4 Å². The Morgan fingerprint density at radius 2 is 1.96 bits per heavy atom. The van der Waals surface area contributed by atoms with Gasteiger partial charge in [0, 0.05) is 37.0 Å². The van der Waals surface area contributed by atoms with Gasteiger partial charge in [-0.1, -0.05) is 6.07 Å². The van der Waals surface area contributed by atoms with Gasteiger partial charge in [0.1, 0.15) is 11.4 Å². The zero-order valence-corrected chi connectivity index (χ0v) is 15.9. The summed E-state index contributed by atoms with van der Waals surface area (Å²) in [6.45, 7) is 2.12. The number of nitrogens with zero attached hydrogens (tertiary/aromatic N) is 2. The number of likely N-dealkylation sites (N-methyl/N-ethyl adjacent to an activating group) is 1. The maximum atomic E-state index is 12.6. The molecule has 0 aromatic heterocycles. The molecule has 2 aromatic rings. The first-order valence-electron chi connectivity index (χ1n) is 8.57. The summed E-state index contributed by atoms with van der Waals surface area (Å²) in [7, 11) is 2.98. The Labute approximate surface area is 162 Å². The van der Waals surface area contributed by atoms with Gasteiger partial charge in [0.05, 0.1) is 18.6 Å². The lowest BCUT2D eigenvalue weighted by Crippen LogP contribution is -2.35. The van der Waals surface area contributed by atoms with Gasteiger partial charge >= 0.3 is 0 Å². The lowest BCUT2D eigenvalue weighted by atomic mass is 10.1. The van der Waals surface area contributed by atoms with Gasteiger partial charge in [-0.15, -0.1) is 0 Å². The van der Waals surface area contributed by atoms with Crippen molar-refractivity contribution in [2.75, 3.05) is 37.9 Å². The second-order valence-corrected chi connectivity index (χ2v) is 5.96. The minimum absolute atomic E-state index is 0.130. The largest absolute Gasteiger partial charge is 0.497 e. The number of carbonyl (C=O) groups is 2. The molecule has 0 radical (unpaired) electrons. The second kappa shape index (κ2) is 9.36. The highest BCUT2D eigenvalue weighted by Crippen LogP contribution is 2.26. The smallest absolute Gasteiger partial charge is 0.293 e. The van der Waals surface area contributed by atoms with Crippen LogP contribution in [0.4, 0.5) is 17.1 Å². The molecule has 28 heavy (non-hydrogen) atoms. The van der Waals surface area contributed by atoms with Gasteiger partial charge in [-0.25, -0.2) is 0 Å². The van der Waals surface area contributed by atoms with Crippen molar-refractivity contribution in [3.05, 3.63) is 58.1 Å². The summed E-state index contributed by atoms with van der Waals surface area (Å²) in [6, 6.07) is 11.0. The van der Waals surface area contributed by atoms with Gasteiger partial charge in [-0.2, -0.15) is 0 Å². The summed E-state index contributed by atoms with van der Waals surface area (Å²) >= 11 is 0. The van der Waals surface area contributed by atoms with E-state index in [1.165, 1.54) is 37.3 Å². The van der Waals surface area contributed by atoms with Crippen LogP contribution in [0.3, 0.4) is 0 Å². The van der Waals surface area contributed by atoms with E-state index in [2.05, 4.69) is 10.6 Å². The van der Waals surface area contributed by atoms with Crippen molar-refractivity contribution in [2.45, 2.75) is 6.92 Å². The average Bonchev–Trinajstić information content (AvgIpc) is 2.67. The van der Waals surface area contributed by atoms with Crippen molar-refractivity contribution in [3.8, 4) is 5.75 Å². The predicted octanol–water partition coefficient (Wildman–Crippen LogP) is 2.75. The summed E-state index contributed by atoms with van der Waals surface area (Å²) in [4.78, 5) is 36.7. The Hall–Kier alpha value is -3.62. The minimum atomic E-state index is -0.551. The molecule has 0 saturated carbocycles. The summed E-state index contributed by atoms with van der Waals surface area (Å²) in [5.74, 6) is -0.301. The SMILES string of the molecule is CCNc1ccc(C(=O)N(C)CC(=O)Nc2cccc(OC)c2)cc1[N+](=O)[O-]. The molecule has 0 aliphatic carbocycles. The first-order valence-corrected chi connectivity index (χ1v) is 8.57. The van der Waals surface area contributed by atoms with Crippen molar-refractivity contribution < 1.29 is 19.2 Å². The molecule has 0 atom stereocenters. The summed E-state index contributed by atoms with van der Waals surface area (Å²) < 4.78 is 5.10. The standard InChI is InChI=1S/C19H22N4O5/c1-4-20-16-9-8-13(10-17(16)23(26)27)19(25)22(2)12-18(24)21-14-6-5-7-15(11-14)28-3/h5-11,20H,4,12H2,1-3H3,(H,21,24). The van der Waals surface area contributed by atoms with Gasteiger partial charge in [-0.3, -0.25) is 19.7 Å². The molecule has 2 rings (SSSR count). The van der Waals surface area contributed by atoms with Gasteiger partial charge in [0.15, 0.2) is 0 Å². The van der Waals surface area contributed by atoms with Crippen LogP contribution in [0.15, 0.2) is 42.5 Å². The molecule has 0 saturated heterocycles. The maximum absolute atomic E-state index is 12.6. The molecule has 148 valence electrons. The van der Waals surface area contributed by atoms with E-state index in [0.29, 0.717) is 23.7 Å². The Morgan fingerprint density at radius 1 is 1.21 bits per heavy atom. The predicted molar refractivity (Wildman–Crippen MR) is 106 cm³/mol. The van der Waals surface area contributed by atoms with E-state index in [4.69, 9.17) is 4.74 Å². The van der Waals surface area contributed by atoms with E-state index >= 15 is 0 Å². The topological polar surface area (TPSA) is 114 Å². The van der Waals surface area contributed by atoms with Crippen molar-refractivity contribution in [2.24, 2.45) is 0 Å². The first-order chi connectivity index (χ1) is 13.3. The summed E-state index contributed by atoms with van der Waals surface area (Å²) in [6.07, 6.45) is 0. The number of nitro groups is 1. The van der Waals surface area contributed by atoms with Crippen LogP contribution in [0.25, 0.3) is 0 Å². The molecule has 9 heteroatoms. The van der Waals surface area contributed by atoms with Crippen molar-refractivity contribution >= 4 is 28.9 Å². The van der Waals surface area contributed by atoms with E-state index in [0.717, 1.165) is 0 Å².